The van der Waals surface area contributed by atoms with Crippen molar-refractivity contribution >= 4 is 45.2 Å². The first kappa shape index (κ1) is 11.4. The minimum Gasteiger partial charge on any atom is -0.389 e. The molecule has 3 rings (SSSR count). The number of hydrogen-bond donors (Lipinski definition) is 1. The molecule has 1 aliphatic rings. The number of rotatable bonds is 1. The van der Waals surface area contributed by atoms with E-state index in [4.69, 9.17) is 11.6 Å². The van der Waals surface area contributed by atoms with E-state index >= 15 is 0 Å². The number of fused-ring (bicyclic) bond motifs is 1. The number of aliphatic hydroxyl groups is 1. The zero-order valence-electron chi connectivity index (χ0n) is 8.72. The number of aliphatic hydroxyl groups excluding tert-OH is 1. The van der Waals surface area contributed by atoms with Crippen LogP contribution >= 0.6 is 34.2 Å². The van der Waals surface area contributed by atoms with Gasteiger partial charge in [-0.25, -0.2) is 9.97 Å². The van der Waals surface area contributed by atoms with Gasteiger partial charge in [-0.2, -0.15) is 0 Å². The quantitative estimate of drug-likeness (QED) is 0.482. The largest absolute Gasteiger partial charge is 0.389 e. The molecule has 2 atom stereocenters. The van der Waals surface area contributed by atoms with E-state index in [1.807, 2.05) is 22.9 Å². The highest BCUT2D eigenvalue weighted by atomic mass is 127. The van der Waals surface area contributed by atoms with E-state index in [0.29, 0.717) is 11.6 Å². The van der Waals surface area contributed by atoms with Crippen molar-refractivity contribution < 1.29 is 5.11 Å². The third kappa shape index (κ3) is 1.86. The molecule has 0 unspecified atom stereocenters. The standard InChI is InChI=1S/C11H9ClIN3O/c12-10-9-8(13)4-16(11(9)15-5-14-10)6-1-2-7(17)3-6/h1-2,4-7,17H,3H2/t6-,7+/m1/s1. The molecule has 0 spiro atoms. The Bertz CT molecular complexity index is 610. The summed E-state index contributed by atoms with van der Waals surface area (Å²) in [6.07, 6.45) is 7.59. The van der Waals surface area contributed by atoms with Crippen molar-refractivity contribution in [2.24, 2.45) is 0 Å². The van der Waals surface area contributed by atoms with Crippen molar-refractivity contribution in [3.8, 4) is 0 Å². The summed E-state index contributed by atoms with van der Waals surface area (Å²) in [6.45, 7) is 0. The average molecular weight is 362 g/mol. The van der Waals surface area contributed by atoms with Gasteiger partial charge in [0.05, 0.1) is 17.5 Å². The molecular formula is C11H9ClIN3O. The molecule has 4 nitrogen and oxygen atoms in total. The van der Waals surface area contributed by atoms with Gasteiger partial charge in [0.15, 0.2) is 0 Å². The second kappa shape index (κ2) is 4.22. The molecule has 2 aromatic rings. The second-order valence-corrected chi connectivity index (χ2v) is 5.52. The molecule has 2 aromatic heterocycles. The van der Waals surface area contributed by atoms with Gasteiger partial charge in [-0.15, -0.1) is 0 Å². The minimum atomic E-state index is -0.368. The molecule has 0 amide bonds. The Morgan fingerprint density at radius 1 is 1.41 bits per heavy atom. The number of halogens is 2. The first-order chi connectivity index (χ1) is 8.16. The van der Waals surface area contributed by atoms with Crippen molar-refractivity contribution in [2.75, 3.05) is 0 Å². The Kier molecular flexibility index (Phi) is 2.84. The van der Waals surface area contributed by atoms with E-state index in [0.717, 1.165) is 14.6 Å². The van der Waals surface area contributed by atoms with Crippen LogP contribution in [0.1, 0.15) is 12.5 Å². The molecular weight excluding hydrogens is 352 g/mol. The molecule has 0 saturated carbocycles. The number of hydrogen-bond acceptors (Lipinski definition) is 3. The fourth-order valence-corrected chi connectivity index (χ4v) is 3.31. The van der Waals surface area contributed by atoms with E-state index in [9.17, 15) is 5.11 Å². The van der Waals surface area contributed by atoms with E-state index in [2.05, 4.69) is 32.6 Å². The molecule has 6 heteroatoms. The molecule has 2 heterocycles. The smallest absolute Gasteiger partial charge is 0.146 e. The normalized spacial score (nSPS) is 23.7. The van der Waals surface area contributed by atoms with Crippen LogP contribution in [0.3, 0.4) is 0 Å². The van der Waals surface area contributed by atoms with Crippen molar-refractivity contribution in [1.82, 2.24) is 14.5 Å². The summed E-state index contributed by atoms with van der Waals surface area (Å²) >= 11 is 8.30. The fourth-order valence-electron chi connectivity index (χ4n) is 2.12. The molecule has 88 valence electrons. The highest BCUT2D eigenvalue weighted by Crippen LogP contribution is 2.32. The van der Waals surface area contributed by atoms with Crippen LogP contribution in [0.5, 0.6) is 0 Å². The summed E-state index contributed by atoms with van der Waals surface area (Å²) in [6, 6.07) is 0.141. The van der Waals surface area contributed by atoms with Crippen LogP contribution in [0.25, 0.3) is 11.0 Å². The lowest BCUT2D eigenvalue weighted by Gasteiger charge is -2.11. The monoisotopic (exact) mass is 361 g/mol. The average Bonchev–Trinajstić information content (AvgIpc) is 2.84. The molecule has 0 aliphatic heterocycles. The van der Waals surface area contributed by atoms with Gasteiger partial charge in [0.2, 0.25) is 0 Å². The zero-order valence-corrected chi connectivity index (χ0v) is 11.6. The lowest BCUT2D eigenvalue weighted by molar-refractivity contribution is 0.211. The van der Waals surface area contributed by atoms with E-state index in [1.54, 1.807) is 0 Å². The van der Waals surface area contributed by atoms with Crippen LogP contribution < -0.4 is 0 Å². The van der Waals surface area contributed by atoms with Crippen molar-refractivity contribution in [1.29, 1.82) is 0 Å². The summed E-state index contributed by atoms with van der Waals surface area (Å²) < 4.78 is 3.06. The molecule has 0 fully saturated rings. The van der Waals surface area contributed by atoms with Gasteiger partial charge < -0.3 is 9.67 Å². The summed E-state index contributed by atoms with van der Waals surface area (Å²) in [7, 11) is 0. The SMILES string of the molecule is O[C@H]1C=C[C@@H](n2cc(I)c3c(Cl)ncnc32)C1. The molecule has 0 aromatic carbocycles. The second-order valence-electron chi connectivity index (χ2n) is 4.00. The fraction of sp³-hybridized carbons (Fsp3) is 0.273. The van der Waals surface area contributed by atoms with Gasteiger partial charge in [-0.05, 0) is 22.6 Å². The number of allylic oxidation sites excluding steroid dienone is 1. The van der Waals surface area contributed by atoms with Gasteiger partial charge in [-0.1, -0.05) is 23.8 Å². The van der Waals surface area contributed by atoms with Gasteiger partial charge in [0.1, 0.15) is 17.1 Å². The van der Waals surface area contributed by atoms with E-state index < -0.39 is 0 Å². The Hall–Kier alpha value is -0.660. The molecule has 1 N–H and O–H groups in total. The predicted molar refractivity (Wildman–Crippen MR) is 74.1 cm³/mol. The van der Waals surface area contributed by atoms with Crippen LogP contribution in [0.4, 0.5) is 0 Å². The maximum absolute atomic E-state index is 9.53. The zero-order chi connectivity index (χ0) is 12.0. The molecule has 0 bridgehead atoms. The van der Waals surface area contributed by atoms with Gasteiger partial charge in [-0.3, -0.25) is 0 Å². The molecule has 17 heavy (non-hydrogen) atoms. The van der Waals surface area contributed by atoms with Gasteiger partial charge in [0.25, 0.3) is 0 Å². The van der Waals surface area contributed by atoms with Crippen molar-refractivity contribution in [3.63, 3.8) is 0 Å². The Morgan fingerprint density at radius 2 is 2.24 bits per heavy atom. The maximum atomic E-state index is 9.53. The summed E-state index contributed by atoms with van der Waals surface area (Å²) in [4.78, 5) is 8.27. The molecule has 0 radical (unpaired) electrons. The number of nitrogens with zero attached hydrogens (tertiary/aromatic N) is 3. The first-order valence-corrected chi connectivity index (χ1v) is 6.65. The molecule has 0 saturated heterocycles. The van der Waals surface area contributed by atoms with Crippen molar-refractivity contribution in [3.05, 3.63) is 33.4 Å². The van der Waals surface area contributed by atoms with Gasteiger partial charge in [0, 0.05) is 16.2 Å². The van der Waals surface area contributed by atoms with Crippen LogP contribution in [0.2, 0.25) is 5.15 Å². The summed E-state index contributed by atoms with van der Waals surface area (Å²) in [5.41, 5.74) is 0.818. The Balaban J connectivity index is 2.18. The highest BCUT2D eigenvalue weighted by Gasteiger charge is 2.22. The predicted octanol–water partition coefficient (Wildman–Crippen LogP) is 2.55. The lowest BCUT2D eigenvalue weighted by Crippen LogP contribution is -2.07. The highest BCUT2D eigenvalue weighted by molar-refractivity contribution is 14.1. The van der Waals surface area contributed by atoms with Crippen LogP contribution in [0.15, 0.2) is 24.7 Å². The van der Waals surface area contributed by atoms with Crippen LogP contribution in [-0.2, 0) is 0 Å². The first-order valence-electron chi connectivity index (χ1n) is 5.19. The minimum absolute atomic E-state index is 0.141. The third-order valence-corrected chi connectivity index (χ3v) is 4.02. The molecule has 1 aliphatic carbocycles. The van der Waals surface area contributed by atoms with Gasteiger partial charge >= 0.3 is 0 Å². The Labute approximate surface area is 116 Å². The third-order valence-electron chi connectivity index (χ3n) is 2.91. The summed E-state index contributed by atoms with van der Waals surface area (Å²) in [5.74, 6) is 0. The number of aromatic nitrogens is 3. The Morgan fingerprint density at radius 3 is 2.94 bits per heavy atom. The lowest BCUT2D eigenvalue weighted by atomic mass is 10.2. The van der Waals surface area contributed by atoms with E-state index in [1.165, 1.54) is 6.33 Å². The van der Waals surface area contributed by atoms with Crippen molar-refractivity contribution in [2.45, 2.75) is 18.6 Å². The van der Waals surface area contributed by atoms with Crippen LogP contribution in [-0.4, -0.2) is 25.7 Å². The van der Waals surface area contributed by atoms with E-state index in [-0.39, 0.29) is 12.1 Å². The maximum Gasteiger partial charge on any atom is 0.146 e. The summed E-state index contributed by atoms with van der Waals surface area (Å²) in [5, 5.41) is 10.9. The topological polar surface area (TPSA) is 50.9 Å². The van der Waals surface area contributed by atoms with Crippen LogP contribution in [0, 0.1) is 3.57 Å².